The number of carbonyl (C=O) groups excluding carboxylic acids is 2. The van der Waals surface area contributed by atoms with Gasteiger partial charge in [0.1, 0.15) is 0 Å². The van der Waals surface area contributed by atoms with E-state index in [0.717, 1.165) is 36.8 Å². The van der Waals surface area contributed by atoms with Crippen LogP contribution >= 0.6 is 0 Å². The summed E-state index contributed by atoms with van der Waals surface area (Å²) in [5.74, 6) is -12.4. The van der Waals surface area contributed by atoms with Crippen LogP contribution in [0.4, 0.5) is 22.0 Å². The van der Waals surface area contributed by atoms with Crippen LogP contribution in [-0.2, 0) is 0 Å². The number of fused-ring (bicyclic) bond motifs is 2. The number of unbranched alkanes of at least 4 members (excludes halogenated alkanes) is 2. The van der Waals surface area contributed by atoms with E-state index in [4.69, 9.17) is 0 Å². The Hall–Kier alpha value is -3.99. The van der Waals surface area contributed by atoms with E-state index >= 15 is 8.78 Å². The minimum atomic E-state index is -4.45. The molecule has 0 saturated carbocycles. The molecule has 254 valence electrons. The topological polar surface area (TPSA) is 44.0 Å². The molecule has 0 aliphatic carbocycles. The number of hydrogen-bond donors (Lipinski definition) is 0. The van der Waals surface area contributed by atoms with Crippen LogP contribution in [0.3, 0.4) is 0 Å². The molecule has 5 aromatic rings. The maximum atomic E-state index is 15.9. The number of ketones is 2. The fraction of sp³-hybridized carbons (Fsp3) is 0.282. The van der Waals surface area contributed by atoms with Crippen molar-refractivity contribution in [3.8, 4) is 0 Å². The van der Waals surface area contributed by atoms with E-state index in [0.29, 0.717) is 31.4 Å². The summed E-state index contributed by atoms with van der Waals surface area (Å²) < 4.78 is 81.0. The standard InChI is InChI=1S/C31H21F5N2O2.2C4H9.Sn/c1-15-3-7-17(8-4-15)30(39)21-13-11-19(37-21)23(24-25(32)27(34)29(36)28(35)26(24)33)20-12-14-22(38-20)31(40)18-9-5-16(2)6-10-18;2*1-3-4-2;/h3-14,23H,1-2H3,(H2,37,38,39,40);2*1,3-4H2,2H3;/q;;;+2/p-2. The monoisotopic (exact) mass is 780 g/mol. The van der Waals surface area contributed by atoms with Gasteiger partial charge < -0.3 is 0 Å². The Morgan fingerprint density at radius 3 is 1.31 bits per heavy atom. The number of carbonyl (C=O) groups is 2. The zero-order chi connectivity index (χ0) is 35.2. The molecule has 1 aliphatic rings. The van der Waals surface area contributed by atoms with Crippen LogP contribution in [0, 0.1) is 42.9 Å². The van der Waals surface area contributed by atoms with Crippen molar-refractivity contribution in [2.24, 2.45) is 0 Å². The first-order chi connectivity index (χ1) is 23.5. The second-order valence-electron chi connectivity index (χ2n) is 13.0. The molecule has 2 aromatic heterocycles. The van der Waals surface area contributed by atoms with Crippen molar-refractivity contribution in [2.75, 3.05) is 0 Å². The van der Waals surface area contributed by atoms with Crippen molar-refractivity contribution in [2.45, 2.75) is 68.2 Å². The molecule has 3 aromatic carbocycles. The Bertz CT molecular complexity index is 1920. The minimum absolute atomic E-state index is 0.281. The SMILES string of the molecule is CCC[CH2][Sn]1([CH2]CCC)[n]2c(C(=O)c3ccc(C)cc3)ccc2C(c2c(F)c(F)c(F)c(F)c2F)c2ccc(C(=O)c3ccc(C)cc3)[n]21. The molecule has 1 aliphatic heterocycles. The van der Waals surface area contributed by atoms with E-state index in [1.54, 1.807) is 48.5 Å². The van der Waals surface area contributed by atoms with Gasteiger partial charge in [-0.05, 0) is 0 Å². The molecule has 0 saturated heterocycles. The third-order valence-electron chi connectivity index (χ3n) is 9.73. The average molecular weight is 779 g/mol. The first-order valence-corrected chi connectivity index (χ1v) is 23.2. The summed E-state index contributed by atoms with van der Waals surface area (Å²) in [5.41, 5.74) is 2.85. The Balaban J connectivity index is 1.73. The number of halogens is 5. The van der Waals surface area contributed by atoms with Gasteiger partial charge in [0.25, 0.3) is 0 Å². The number of aryl methyl sites for hydroxylation is 2. The van der Waals surface area contributed by atoms with Crippen LogP contribution < -0.4 is 0 Å². The van der Waals surface area contributed by atoms with Gasteiger partial charge in [0.2, 0.25) is 0 Å². The summed E-state index contributed by atoms with van der Waals surface area (Å²) in [5, 5.41) is 0. The number of benzene rings is 3. The Morgan fingerprint density at radius 2 is 0.939 bits per heavy atom. The van der Waals surface area contributed by atoms with Gasteiger partial charge in [-0.1, -0.05) is 0 Å². The maximum absolute atomic E-state index is 15.9. The molecule has 3 heterocycles. The quantitative estimate of drug-likeness (QED) is 0.0441. The van der Waals surface area contributed by atoms with E-state index in [2.05, 4.69) is 0 Å². The van der Waals surface area contributed by atoms with E-state index in [9.17, 15) is 22.8 Å². The Morgan fingerprint density at radius 1 is 0.571 bits per heavy atom. The molecule has 0 bridgehead atoms. The van der Waals surface area contributed by atoms with Gasteiger partial charge in [-0.15, -0.1) is 0 Å². The van der Waals surface area contributed by atoms with Crippen LogP contribution in [0.5, 0.6) is 0 Å². The summed E-state index contributed by atoms with van der Waals surface area (Å²) >= 11 is -4.45. The van der Waals surface area contributed by atoms with Crippen molar-refractivity contribution in [3.05, 3.63) is 152 Å². The molecule has 0 unspecified atom stereocenters. The molecule has 0 amide bonds. The van der Waals surface area contributed by atoms with Crippen LogP contribution in [0.25, 0.3) is 0 Å². The molecule has 0 fully saturated rings. The van der Waals surface area contributed by atoms with Gasteiger partial charge in [-0.25, -0.2) is 0 Å². The molecular weight excluding hydrogens is 742 g/mol. The molecule has 0 radical (unpaired) electrons. The van der Waals surface area contributed by atoms with Gasteiger partial charge >= 0.3 is 288 Å². The first kappa shape index (κ1) is 34.9. The molecule has 49 heavy (non-hydrogen) atoms. The van der Waals surface area contributed by atoms with Gasteiger partial charge in [-0.3, -0.25) is 0 Å². The Labute approximate surface area is 287 Å². The zero-order valence-corrected chi connectivity index (χ0v) is 30.7. The molecule has 4 nitrogen and oxygen atoms in total. The predicted molar refractivity (Wildman–Crippen MR) is 181 cm³/mol. The van der Waals surface area contributed by atoms with Gasteiger partial charge in [0.05, 0.1) is 0 Å². The molecule has 6 rings (SSSR count). The molecule has 0 N–H and O–H groups in total. The van der Waals surface area contributed by atoms with E-state index in [-0.39, 0.29) is 23.0 Å². The zero-order valence-electron chi connectivity index (χ0n) is 27.8. The summed E-state index contributed by atoms with van der Waals surface area (Å²) in [6.45, 7) is 7.89. The van der Waals surface area contributed by atoms with Crippen molar-refractivity contribution in [1.29, 1.82) is 0 Å². The van der Waals surface area contributed by atoms with E-state index in [1.807, 2.05) is 57.5 Å². The summed E-state index contributed by atoms with van der Waals surface area (Å²) in [4.78, 5) is 28.8. The number of hydrogen-bond acceptors (Lipinski definition) is 2. The molecule has 0 spiro atoms. The number of aromatic nitrogens is 2. The number of nitrogens with zero attached hydrogens (tertiary/aromatic N) is 2. The van der Waals surface area contributed by atoms with Crippen LogP contribution in [-0.4, -0.2) is 36.1 Å². The van der Waals surface area contributed by atoms with Crippen molar-refractivity contribution < 1.29 is 31.5 Å². The van der Waals surface area contributed by atoms with Crippen LogP contribution in [0.1, 0.15) is 106 Å². The van der Waals surface area contributed by atoms with Gasteiger partial charge in [-0.2, -0.15) is 0 Å². The van der Waals surface area contributed by atoms with Crippen LogP contribution in [0.15, 0.2) is 72.8 Å². The third kappa shape index (κ3) is 5.77. The fourth-order valence-electron chi connectivity index (χ4n) is 7.26. The van der Waals surface area contributed by atoms with Gasteiger partial charge in [0, 0.05) is 0 Å². The summed E-state index contributed by atoms with van der Waals surface area (Å²) in [6, 6.07) is 20.5. The summed E-state index contributed by atoms with van der Waals surface area (Å²) in [6.07, 6.45) is 3.11. The molecule has 0 atom stereocenters. The second-order valence-corrected chi connectivity index (χ2v) is 24.0. The molecule has 10 heteroatoms. The average Bonchev–Trinajstić information content (AvgIpc) is 3.76. The fourth-order valence-corrected chi connectivity index (χ4v) is 23.8. The van der Waals surface area contributed by atoms with Crippen molar-refractivity contribution in [3.63, 3.8) is 0 Å². The van der Waals surface area contributed by atoms with Gasteiger partial charge in [0.15, 0.2) is 0 Å². The predicted octanol–water partition coefficient (Wildman–Crippen LogP) is 10.00. The van der Waals surface area contributed by atoms with Crippen molar-refractivity contribution in [1.82, 2.24) is 5.58 Å². The van der Waals surface area contributed by atoms with E-state index in [1.165, 1.54) is 0 Å². The van der Waals surface area contributed by atoms with Crippen LogP contribution in [0.2, 0.25) is 8.87 Å². The first-order valence-electron chi connectivity index (χ1n) is 16.6. The number of rotatable bonds is 11. The van der Waals surface area contributed by atoms with Crippen molar-refractivity contribution >= 4 is 30.5 Å². The Kier molecular flexibility index (Phi) is 9.76. The van der Waals surface area contributed by atoms with E-state index < -0.39 is 59.5 Å². The third-order valence-corrected chi connectivity index (χ3v) is 23.9. The summed E-state index contributed by atoms with van der Waals surface area (Å²) in [7, 11) is 0. The second kappa shape index (κ2) is 13.7. The molecular formula is C39H37F5N2O2Sn. The normalized spacial score (nSPS) is 13.7.